The van der Waals surface area contributed by atoms with E-state index in [-0.39, 0.29) is 0 Å². The van der Waals surface area contributed by atoms with E-state index >= 15 is 0 Å². The Hall–Kier alpha value is -0.860. The van der Waals surface area contributed by atoms with Crippen LogP contribution in [-0.2, 0) is 11.3 Å². The van der Waals surface area contributed by atoms with E-state index in [0.29, 0.717) is 0 Å². The van der Waals surface area contributed by atoms with Gasteiger partial charge in [-0.1, -0.05) is 75.3 Å². The predicted molar refractivity (Wildman–Crippen MR) is 98.6 cm³/mol. The number of unbranched alkanes of at least 4 members (excludes halogenated alkanes) is 3. The molecular formula is C21H35NO. The minimum atomic E-state index is 0.958. The third-order valence-electron chi connectivity index (χ3n) is 4.96. The summed E-state index contributed by atoms with van der Waals surface area (Å²) >= 11 is 0. The molecule has 1 N–H and O–H groups in total. The molecule has 0 unspecified atom stereocenters. The summed E-state index contributed by atoms with van der Waals surface area (Å²) in [7, 11) is 0. The standard InChI is InChI=1S/C21H35NO/c1(9-16-22-19-21-13-7-4-8-14-21)2-10-17-23-18-15-20-11-5-3-6-12-20/h4,7-8,13-14,20,22H,1-3,5-6,9-12,15-19H2. The molecule has 1 aromatic rings. The molecule has 1 aliphatic rings. The van der Waals surface area contributed by atoms with Crippen molar-refractivity contribution in [3.8, 4) is 0 Å². The molecule has 1 aliphatic carbocycles. The highest BCUT2D eigenvalue weighted by Crippen LogP contribution is 2.26. The summed E-state index contributed by atoms with van der Waals surface area (Å²) in [6, 6.07) is 10.6. The van der Waals surface area contributed by atoms with Gasteiger partial charge in [0.15, 0.2) is 0 Å². The molecule has 0 spiro atoms. The first-order chi connectivity index (χ1) is 11.4. The molecule has 2 heteroatoms. The summed E-state index contributed by atoms with van der Waals surface area (Å²) in [5, 5.41) is 3.52. The molecule has 0 saturated heterocycles. The van der Waals surface area contributed by atoms with Crippen LogP contribution in [-0.4, -0.2) is 19.8 Å². The van der Waals surface area contributed by atoms with Gasteiger partial charge in [0.25, 0.3) is 0 Å². The van der Waals surface area contributed by atoms with Crippen molar-refractivity contribution in [2.24, 2.45) is 5.92 Å². The fraction of sp³-hybridized carbons (Fsp3) is 0.714. The van der Waals surface area contributed by atoms with Gasteiger partial charge in [-0.25, -0.2) is 0 Å². The Bertz CT molecular complexity index is 373. The highest BCUT2D eigenvalue weighted by Gasteiger charge is 2.12. The van der Waals surface area contributed by atoms with E-state index in [1.54, 1.807) is 0 Å². The van der Waals surface area contributed by atoms with Crippen molar-refractivity contribution < 1.29 is 4.74 Å². The molecule has 1 aromatic carbocycles. The van der Waals surface area contributed by atoms with Crippen LogP contribution in [0.25, 0.3) is 0 Å². The third-order valence-corrected chi connectivity index (χ3v) is 4.96. The highest BCUT2D eigenvalue weighted by atomic mass is 16.5. The molecule has 2 rings (SSSR count). The Balaban J connectivity index is 1.30. The minimum Gasteiger partial charge on any atom is -0.381 e. The molecule has 0 aliphatic heterocycles. The molecule has 0 radical (unpaired) electrons. The summed E-state index contributed by atoms with van der Waals surface area (Å²) in [5.74, 6) is 0.958. The number of benzene rings is 1. The molecule has 0 heterocycles. The zero-order valence-corrected chi connectivity index (χ0v) is 14.8. The van der Waals surface area contributed by atoms with E-state index in [1.807, 2.05) is 0 Å². The summed E-state index contributed by atoms with van der Waals surface area (Å²) in [5.41, 5.74) is 1.37. The van der Waals surface area contributed by atoms with Crippen LogP contribution in [0.4, 0.5) is 0 Å². The van der Waals surface area contributed by atoms with E-state index < -0.39 is 0 Å². The lowest BCUT2D eigenvalue weighted by molar-refractivity contribution is 0.110. The Labute approximate surface area is 143 Å². The lowest BCUT2D eigenvalue weighted by Gasteiger charge is -2.21. The molecule has 0 bridgehead atoms. The minimum absolute atomic E-state index is 0.958. The zero-order chi connectivity index (χ0) is 16.0. The summed E-state index contributed by atoms with van der Waals surface area (Å²) in [6.07, 6.45) is 13.6. The third kappa shape index (κ3) is 9.12. The SMILES string of the molecule is c1ccc(CNCCCCCCOCCC2CCCCC2)cc1. The molecule has 23 heavy (non-hydrogen) atoms. The molecule has 0 amide bonds. The van der Waals surface area contributed by atoms with Crippen molar-refractivity contribution >= 4 is 0 Å². The second kappa shape index (κ2) is 12.5. The second-order valence-electron chi connectivity index (χ2n) is 6.98. The summed E-state index contributed by atoms with van der Waals surface area (Å²) in [4.78, 5) is 0. The van der Waals surface area contributed by atoms with E-state index in [4.69, 9.17) is 4.74 Å². The van der Waals surface area contributed by atoms with E-state index in [2.05, 4.69) is 35.6 Å². The van der Waals surface area contributed by atoms with Gasteiger partial charge in [-0.15, -0.1) is 0 Å². The van der Waals surface area contributed by atoms with Gasteiger partial charge in [-0.2, -0.15) is 0 Å². The Morgan fingerprint density at radius 2 is 1.65 bits per heavy atom. The van der Waals surface area contributed by atoms with Crippen molar-refractivity contribution in [2.45, 2.75) is 70.8 Å². The van der Waals surface area contributed by atoms with Crippen LogP contribution in [0.2, 0.25) is 0 Å². The highest BCUT2D eigenvalue weighted by molar-refractivity contribution is 5.14. The smallest absolute Gasteiger partial charge is 0.0468 e. The van der Waals surface area contributed by atoms with Crippen molar-refractivity contribution in [2.75, 3.05) is 19.8 Å². The van der Waals surface area contributed by atoms with Gasteiger partial charge in [-0.05, 0) is 37.3 Å². The molecule has 1 fully saturated rings. The van der Waals surface area contributed by atoms with Crippen molar-refractivity contribution in [3.05, 3.63) is 35.9 Å². The van der Waals surface area contributed by atoms with Gasteiger partial charge in [0, 0.05) is 19.8 Å². The maximum Gasteiger partial charge on any atom is 0.0468 e. The van der Waals surface area contributed by atoms with Crippen LogP contribution in [0.5, 0.6) is 0 Å². The van der Waals surface area contributed by atoms with Gasteiger partial charge in [0.05, 0.1) is 0 Å². The molecule has 130 valence electrons. The van der Waals surface area contributed by atoms with Gasteiger partial charge >= 0.3 is 0 Å². The van der Waals surface area contributed by atoms with Crippen molar-refractivity contribution in [1.82, 2.24) is 5.32 Å². The fourth-order valence-electron chi connectivity index (χ4n) is 3.46. The van der Waals surface area contributed by atoms with Gasteiger partial charge in [0.1, 0.15) is 0 Å². The van der Waals surface area contributed by atoms with Crippen molar-refractivity contribution in [3.63, 3.8) is 0 Å². The van der Waals surface area contributed by atoms with Crippen LogP contribution in [0, 0.1) is 5.92 Å². The van der Waals surface area contributed by atoms with Crippen LogP contribution in [0.1, 0.15) is 69.8 Å². The first-order valence-electron chi connectivity index (χ1n) is 9.77. The maximum absolute atomic E-state index is 5.81. The van der Waals surface area contributed by atoms with E-state index in [0.717, 1.165) is 32.2 Å². The topological polar surface area (TPSA) is 21.3 Å². The lowest BCUT2D eigenvalue weighted by Crippen LogP contribution is -2.14. The monoisotopic (exact) mass is 317 g/mol. The normalized spacial score (nSPS) is 15.8. The second-order valence-corrected chi connectivity index (χ2v) is 6.98. The first-order valence-corrected chi connectivity index (χ1v) is 9.77. The first kappa shape index (κ1) is 18.5. The van der Waals surface area contributed by atoms with Gasteiger partial charge < -0.3 is 10.1 Å². The molecule has 0 aromatic heterocycles. The molecular weight excluding hydrogens is 282 g/mol. The predicted octanol–water partition coefficient (Wildman–Crippen LogP) is 5.32. The number of ether oxygens (including phenoxy) is 1. The van der Waals surface area contributed by atoms with Crippen LogP contribution < -0.4 is 5.32 Å². The Kier molecular flexibility index (Phi) is 10.1. The van der Waals surface area contributed by atoms with E-state index in [1.165, 1.54) is 69.8 Å². The Morgan fingerprint density at radius 3 is 2.48 bits per heavy atom. The largest absolute Gasteiger partial charge is 0.381 e. The number of nitrogens with one attached hydrogen (secondary N) is 1. The number of hydrogen-bond donors (Lipinski definition) is 1. The zero-order valence-electron chi connectivity index (χ0n) is 14.8. The van der Waals surface area contributed by atoms with Crippen LogP contribution >= 0.6 is 0 Å². The average Bonchev–Trinajstić information content (AvgIpc) is 2.61. The fourth-order valence-corrected chi connectivity index (χ4v) is 3.46. The average molecular weight is 318 g/mol. The van der Waals surface area contributed by atoms with E-state index in [9.17, 15) is 0 Å². The quantitative estimate of drug-likeness (QED) is 0.527. The van der Waals surface area contributed by atoms with Crippen molar-refractivity contribution in [1.29, 1.82) is 0 Å². The Morgan fingerprint density at radius 1 is 0.870 bits per heavy atom. The summed E-state index contributed by atoms with van der Waals surface area (Å²) < 4.78 is 5.81. The maximum atomic E-state index is 5.81. The molecule has 2 nitrogen and oxygen atoms in total. The molecule has 1 saturated carbocycles. The number of hydrogen-bond acceptors (Lipinski definition) is 2. The summed E-state index contributed by atoms with van der Waals surface area (Å²) in [6.45, 7) is 4.07. The number of rotatable bonds is 12. The van der Waals surface area contributed by atoms with Crippen LogP contribution in [0.15, 0.2) is 30.3 Å². The van der Waals surface area contributed by atoms with Gasteiger partial charge in [0.2, 0.25) is 0 Å². The van der Waals surface area contributed by atoms with Gasteiger partial charge in [-0.3, -0.25) is 0 Å². The lowest BCUT2D eigenvalue weighted by atomic mass is 9.87. The molecule has 0 atom stereocenters. The van der Waals surface area contributed by atoms with Crippen LogP contribution in [0.3, 0.4) is 0 Å².